The Balaban J connectivity index is 1.57. The maximum atomic E-state index is 13.8. The zero-order chi connectivity index (χ0) is 25.2. The number of fused-ring (bicyclic) bond motifs is 1. The number of benzene rings is 1. The van der Waals surface area contributed by atoms with E-state index < -0.39 is 23.6 Å². The summed E-state index contributed by atoms with van der Waals surface area (Å²) in [5.41, 5.74) is 5.71. The summed E-state index contributed by atoms with van der Waals surface area (Å²) in [6.45, 7) is 0.0424. The summed E-state index contributed by atoms with van der Waals surface area (Å²) in [4.78, 5) is 31.6. The number of thiophene rings is 1. The Bertz CT molecular complexity index is 1430. The number of nitrogens with one attached hydrogen (secondary N) is 1. The fourth-order valence-electron chi connectivity index (χ4n) is 3.26. The number of carboxylic acids is 1. The van der Waals surface area contributed by atoms with Gasteiger partial charge in [0, 0.05) is 33.6 Å². The summed E-state index contributed by atoms with van der Waals surface area (Å²) >= 11 is 0.938. The van der Waals surface area contributed by atoms with E-state index >= 15 is 0 Å². The van der Waals surface area contributed by atoms with Gasteiger partial charge >= 0.3 is 12.1 Å². The molecule has 35 heavy (non-hydrogen) atoms. The van der Waals surface area contributed by atoms with Crippen LogP contribution in [-0.2, 0) is 17.5 Å². The Morgan fingerprint density at radius 2 is 1.89 bits per heavy atom. The minimum Gasteiger partial charge on any atom is -0.478 e. The van der Waals surface area contributed by atoms with Crippen molar-refractivity contribution in [2.75, 3.05) is 5.73 Å². The van der Waals surface area contributed by atoms with Gasteiger partial charge in [0.25, 0.3) is 0 Å². The summed E-state index contributed by atoms with van der Waals surface area (Å²) in [5, 5.41) is 12.0. The number of nitrogens with zero attached hydrogens (tertiary/aromatic N) is 2. The predicted octanol–water partition coefficient (Wildman–Crippen LogP) is 4.99. The van der Waals surface area contributed by atoms with Crippen molar-refractivity contribution in [2.45, 2.75) is 12.7 Å². The largest absolute Gasteiger partial charge is 0.478 e. The van der Waals surface area contributed by atoms with Crippen LogP contribution in [0, 0.1) is 0 Å². The Hall–Kier alpha value is -4.25. The van der Waals surface area contributed by atoms with Gasteiger partial charge in [0.2, 0.25) is 5.91 Å². The Morgan fingerprint density at radius 3 is 2.51 bits per heavy atom. The van der Waals surface area contributed by atoms with Gasteiger partial charge in [0.1, 0.15) is 5.82 Å². The monoisotopic (exact) mass is 498 g/mol. The molecular weight excluding hydrogens is 481 g/mol. The van der Waals surface area contributed by atoms with Crippen LogP contribution in [0.1, 0.15) is 26.4 Å². The minimum absolute atomic E-state index is 0.0381. The average molecular weight is 498 g/mol. The number of nitrogen functional groups attached to an aromatic ring is 1. The van der Waals surface area contributed by atoms with Crippen LogP contribution in [0.5, 0.6) is 0 Å². The molecule has 0 saturated heterocycles. The molecule has 178 valence electrons. The molecule has 1 amide bonds. The van der Waals surface area contributed by atoms with Crippen LogP contribution >= 0.6 is 11.3 Å². The molecule has 0 fully saturated rings. The van der Waals surface area contributed by atoms with Crippen LogP contribution in [0.3, 0.4) is 0 Å². The molecule has 0 atom stereocenters. The van der Waals surface area contributed by atoms with Gasteiger partial charge in [-0.2, -0.15) is 13.2 Å². The van der Waals surface area contributed by atoms with Crippen molar-refractivity contribution < 1.29 is 27.9 Å². The van der Waals surface area contributed by atoms with Crippen LogP contribution in [0.15, 0.2) is 60.9 Å². The standard InChI is InChI=1S/C24H17F3N4O3S/c25-24(26,27)18-9-15(19-4-3-14(11-29-19)23(33)34)7-16-8-17(35-22(16)18)12-31-21(32)6-2-13-1-5-20(28)30-10-13/h1-11H,12H2,(H2,28,30)(H,31,32)(H,33,34). The number of alkyl halides is 3. The number of rotatable bonds is 6. The molecule has 0 aliphatic heterocycles. The van der Waals surface area contributed by atoms with Gasteiger partial charge in [-0.05, 0) is 59.5 Å². The molecule has 3 heterocycles. The lowest BCUT2D eigenvalue weighted by Crippen LogP contribution is -2.19. The Morgan fingerprint density at radius 1 is 1.09 bits per heavy atom. The molecule has 0 unspecified atom stereocenters. The third-order valence-corrected chi connectivity index (χ3v) is 6.14. The van der Waals surface area contributed by atoms with E-state index in [2.05, 4.69) is 15.3 Å². The summed E-state index contributed by atoms with van der Waals surface area (Å²) in [7, 11) is 0. The second kappa shape index (κ2) is 9.55. The number of halogens is 3. The fraction of sp³-hybridized carbons (Fsp3) is 0.0833. The first-order valence-corrected chi connectivity index (χ1v) is 10.9. The molecule has 4 N–H and O–H groups in total. The maximum absolute atomic E-state index is 13.8. The number of carbonyl (C=O) groups excluding carboxylic acids is 1. The van der Waals surface area contributed by atoms with E-state index in [1.165, 1.54) is 24.4 Å². The molecule has 4 rings (SSSR count). The number of aromatic nitrogens is 2. The highest BCUT2D eigenvalue weighted by atomic mass is 32.1. The second-order valence-corrected chi connectivity index (χ2v) is 8.59. The number of nitrogens with two attached hydrogens (primary N) is 1. The van der Waals surface area contributed by atoms with Crippen LogP contribution < -0.4 is 11.1 Å². The van der Waals surface area contributed by atoms with E-state index in [1.54, 1.807) is 30.3 Å². The van der Waals surface area contributed by atoms with Crippen molar-refractivity contribution in [1.82, 2.24) is 15.3 Å². The number of pyridine rings is 2. The Labute approximate surface area is 200 Å². The molecule has 4 aromatic rings. The smallest absolute Gasteiger partial charge is 0.417 e. The SMILES string of the molecule is Nc1ccc(C=CC(=O)NCc2cc3cc(-c4ccc(C(=O)O)cn4)cc(C(F)(F)F)c3s2)cn1. The number of aromatic carboxylic acids is 1. The zero-order valence-corrected chi connectivity index (χ0v) is 18.7. The molecule has 0 spiro atoms. The molecule has 3 aromatic heterocycles. The number of carbonyl (C=O) groups is 2. The summed E-state index contributed by atoms with van der Waals surface area (Å²) in [6, 6.07) is 10.1. The van der Waals surface area contributed by atoms with Gasteiger partial charge in [-0.1, -0.05) is 0 Å². The van der Waals surface area contributed by atoms with Gasteiger partial charge in [0.15, 0.2) is 0 Å². The van der Waals surface area contributed by atoms with Crippen molar-refractivity contribution >= 4 is 45.2 Å². The topological polar surface area (TPSA) is 118 Å². The third kappa shape index (κ3) is 5.64. The van der Waals surface area contributed by atoms with Crippen LogP contribution in [0.4, 0.5) is 19.0 Å². The quantitative estimate of drug-likeness (QED) is 0.323. The van der Waals surface area contributed by atoms with Crippen molar-refractivity contribution in [3.63, 3.8) is 0 Å². The highest BCUT2D eigenvalue weighted by molar-refractivity contribution is 7.19. The van der Waals surface area contributed by atoms with Crippen LogP contribution in [-0.4, -0.2) is 27.0 Å². The van der Waals surface area contributed by atoms with E-state index in [-0.39, 0.29) is 28.1 Å². The van der Waals surface area contributed by atoms with Crippen molar-refractivity contribution in [2.24, 2.45) is 0 Å². The van der Waals surface area contributed by atoms with E-state index in [0.717, 1.165) is 23.6 Å². The number of anilines is 1. The highest BCUT2D eigenvalue weighted by Gasteiger charge is 2.34. The molecule has 0 aliphatic carbocycles. The van der Waals surface area contributed by atoms with Crippen LogP contribution in [0.2, 0.25) is 0 Å². The van der Waals surface area contributed by atoms with Gasteiger partial charge < -0.3 is 16.2 Å². The molecule has 7 nitrogen and oxygen atoms in total. The first-order chi connectivity index (χ1) is 16.6. The second-order valence-electron chi connectivity index (χ2n) is 7.46. The molecule has 1 aromatic carbocycles. The average Bonchev–Trinajstić information content (AvgIpc) is 3.24. The summed E-state index contributed by atoms with van der Waals surface area (Å²) in [5.74, 6) is -1.25. The number of hydrogen-bond donors (Lipinski definition) is 3. The van der Waals surface area contributed by atoms with E-state index in [1.807, 2.05) is 0 Å². The molecule has 0 saturated carbocycles. The lowest BCUT2D eigenvalue weighted by atomic mass is 10.0. The van der Waals surface area contributed by atoms with Crippen molar-refractivity contribution in [3.05, 3.63) is 82.5 Å². The van der Waals surface area contributed by atoms with Crippen LogP contribution in [0.25, 0.3) is 27.4 Å². The molecule has 0 radical (unpaired) electrons. The zero-order valence-electron chi connectivity index (χ0n) is 17.8. The van der Waals surface area contributed by atoms with E-state index in [4.69, 9.17) is 10.8 Å². The van der Waals surface area contributed by atoms with Gasteiger partial charge in [-0.3, -0.25) is 9.78 Å². The normalized spacial score (nSPS) is 11.7. The number of hydrogen-bond acceptors (Lipinski definition) is 6. The van der Waals surface area contributed by atoms with Gasteiger partial charge in [-0.25, -0.2) is 9.78 Å². The highest BCUT2D eigenvalue weighted by Crippen LogP contribution is 2.41. The molecule has 0 aliphatic rings. The van der Waals surface area contributed by atoms with E-state index in [9.17, 15) is 22.8 Å². The minimum atomic E-state index is -4.61. The van der Waals surface area contributed by atoms with Gasteiger partial charge in [-0.15, -0.1) is 11.3 Å². The third-order valence-electron chi connectivity index (χ3n) is 4.95. The molecule has 0 bridgehead atoms. The first kappa shape index (κ1) is 23.9. The fourth-order valence-corrected chi connectivity index (χ4v) is 4.38. The molecular formula is C24H17F3N4O3S. The number of carboxylic acid groups (broad SMARTS) is 1. The maximum Gasteiger partial charge on any atom is 0.417 e. The Kier molecular flexibility index (Phi) is 6.52. The van der Waals surface area contributed by atoms with E-state index in [0.29, 0.717) is 21.6 Å². The first-order valence-electron chi connectivity index (χ1n) is 10.1. The van der Waals surface area contributed by atoms with Gasteiger partial charge in [0.05, 0.1) is 23.4 Å². The van der Waals surface area contributed by atoms with Crippen molar-refractivity contribution in [3.8, 4) is 11.3 Å². The molecule has 11 heteroatoms. The lowest BCUT2D eigenvalue weighted by Gasteiger charge is -2.10. The summed E-state index contributed by atoms with van der Waals surface area (Å²) in [6.07, 6.45) is 0.829. The number of amides is 1. The lowest BCUT2D eigenvalue weighted by molar-refractivity contribution is -0.136. The predicted molar refractivity (Wildman–Crippen MR) is 127 cm³/mol. The van der Waals surface area contributed by atoms with Crippen molar-refractivity contribution in [1.29, 1.82) is 0 Å². The summed E-state index contributed by atoms with van der Waals surface area (Å²) < 4.78 is 41.5.